The maximum Gasteiger partial charge on any atom is 0.433 e. The van der Waals surface area contributed by atoms with Gasteiger partial charge in [0.1, 0.15) is 5.69 Å². The van der Waals surface area contributed by atoms with Crippen molar-refractivity contribution in [2.75, 3.05) is 18.0 Å². The fourth-order valence-corrected chi connectivity index (χ4v) is 4.31. The molecule has 1 fully saturated rings. The van der Waals surface area contributed by atoms with Crippen LogP contribution in [-0.2, 0) is 12.7 Å². The molecule has 1 saturated heterocycles. The first kappa shape index (κ1) is 20.5. The molecule has 30 heavy (non-hydrogen) atoms. The Hall–Kier alpha value is -2.72. The minimum Gasteiger partial charge on any atom is -0.297 e. The average Bonchev–Trinajstić information content (AvgIpc) is 3.43. The van der Waals surface area contributed by atoms with Crippen molar-refractivity contribution in [3.8, 4) is 0 Å². The molecule has 0 aliphatic carbocycles. The van der Waals surface area contributed by atoms with Crippen LogP contribution < -0.4 is 4.90 Å². The minimum atomic E-state index is -4.45. The summed E-state index contributed by atoms with van der Waals surface area (Å²) in [5.74, 6) is 0.487. The number of pyridine rings is 1. The summed E-state index contributed by atoms with van der Waals surface area (Å²) in [7, 11) is 0. The topological polar surface area (TPSA) is 65.1 Å². The molecule has 4 heterocycles. The van der Waals surface area contributed by atoms with Crippen LogP contribution in [0.4, 0.5) is 19.0 Å². The molecule has 3 aromatic heterocycles. The number of rotatable bonds is 5. The van der Waals surface area contributed by atoms with E-state index in [1.54, 1.807) is 29.3 Å². The Labute approximate surface area is 175 Å². The summed E-state index contributed by atoms with van der Waals surface area (Å²) in [5.41, 5.74) is -0.483. The van der Waals surface area contributed by atoms with Gasteiger partial charge in [0.05, 0.1) is 10.6 Å². The van der Waals surface area contributed by atoms with E-state index in [-0.39, 0.29) is 11.9 Å². The van der Waals surface area contributed by atoms with Gasteiger partial charge in [-0.3, -0.25) is 19.7 Å². The Balaban J connectivity index is 1.43. The fourth-order valence-electron chi connectivity index (χ4n) is 3.65. The first-order valence-corrected chi connectivity index (χ1v) is 10.4. The van der Waals surface area contributed by atoms with E-state index in [0.717, 1.165) is 6.07 Å². The molecule has 4 rings (SSSR count). The number of thiophene rings is 1. The van der Waals surface area contributed by atoms with Gasteiger partial charge in [0.15, 0.2) is 5.82 Å². The molecule has 0 radical (unpaired) electrons. The van der Waals surface area contributed by atoms with Crippen molar-refractivity contribution in [1.29, 1.82) is 0 Å². The standard InChI is InChI=1S/C20H20F3N5OS/c21-20(22,23)17-5-1-3-14(25-17)13-27-10-7-15(8-11-27)28(18-6-9-24-26-18)19(29)16-4-2-12-30-16/h1-6,9,12,15H,7-8,10-11,13H2,(H,24,26). The van der Waals surface area contributed by atoms with E-state index in [9.17, 15) is 18.0 Å². The van der Waals surface area contributed by atoms with Gasteiger partial charge in [0, 0.05) is 37.9 Å². The smallest absolute Gasteiger partial charge is 0.297 e. The average molecular weight is 435 g/mol. The van der Waals surface area contributed by atoms with E-state index in [2.05, 4.69) is 20.1 Å². The van der Waals surface area contributed by atoms with Crippen LogP contribution in [0, 0.1) is 0 Å². The second-order valence-electron chi connectivity index (χ2n) is 7.10. The summed E-state index contributed by atoms with van der Waals surface area (Å²) in [6, 6.07) is 9.34. The van der Waals surface area contributed by atoms with E-state index in [0.29, 0.717) is 48.9 Å². The number of hydrogen-bond donors (Lipinski definition) is 1. The number of nitrogens with zero attached hydrogens (tertiary/aromatic N) is 4. The lowest BCUT2D eigenvalue weighted by Gasteiger charge is -2.37. The lowest BCUT2D eigenvalue weighted by molar-refractivity contribution is -0.141. The number of likely N-dealkylation sites (tertiary alicyclic amines) is 1. The fraction of sp³-hybridized carbons (Fsp3) is 0.350. The SMILES string of the molecule is O=C(c1cccs1)N(c1cc[nH]n1)C1CCN(Cc2cccc(C(F)(F)F)n2)CC1. The Bertz CT molecular complexity index is 967. The molecule has 158 valence electrons. The molecule has 0 atom stereocenters. The number of aromatic amines is 1. The number of carbonyl (C=O) groups is 1. The molecule has 1 N–H and O–H groups in total. The molecule has 0 bridgehead atoms. The van der Waals surface area contributed by atoms with Crippen LogP contribution in [0.5, 0.6) is 0 Å². The number of hydrogen-bond acceptors (Lipinski definition) is 5. The summed E-state index contributed by atoms with van der Waals surface area (Å²) >= 11 is 1.39. The maximum atomic E-state index is 13.1. The Kier molecular flexibility index (Phi) is 5.87. The molecule has 1 aliphatic heterocycles. The van der Waals surface area contributed by atoms with Crippen LogP contribution in [0.25, 0.3) is 0 Å². The zero-order valence-corrected chi connectivity index (χ0v) is 16.8. The van der Waals surface area contributed by atoms with Crippen molar-refractivity contribution >= 4 is 23.1 Å². The molecule has 1 aliphatic rings. The molecule has 0 unspecified atom stereocenters. The highest BCUT2D eigenvalue weighted by molar-refractivity contribution is 7.12. The highest BCUT2D eigenvalue weighted by atomic mass is 32.1. The van der Waals surface area contributed by atoms with Gasteiger partial charge in [-0.15, -0.1) is 11.3 Å². The van der Waals surface area contributed by atoms with Gasteiger partial charge >= 0.3 is 6.18 Å². The third-order valence-corrected chi connectivity index (χ3v) is 5.95. The number of halogens is 3. The van der Waals surface area contributed by atoms with Crippen molar-refractivity contribution < 1.29 is 18.0 Å². The van der Waals surface area contributed by atoms with Crippen molar-refractivity contribution in [1.82, 2.24) is 20.1 Å². The lowest BCUT2D eigenvalue weighted by Crippen LogP contribution is -2.47. The predicted molar refractivity (Wildman–Crippen MR) is 107 cm³/mol. The number of piperidine rings is 1. The van der Waals surface area contributed by atoms with Crippen molar-refractivity contribution in [3.05, 3.63) is 64.2 Å². The molecular weight excluding hydrogens is 415 g/mol. The molecule has 0 aromatic carbocycles. The lowest BCUT2D eigenvalue weighted by atomic mass is 10.0. The number of carbonyl (C=O) groups excluding carboxylic acids is 1. The third-order valence-electron chi connectivity index (χ3n) is 5.09. The Morgan fingerprint density at radius 3 is 2.63 bits per heavy atom. The summed E-state index contributed by atoms with van der Waals surface area (Å²) in [4.78, 5) is 21.2. The van der Waals surface area contributed by atoms with Crippen LogP contribution in [0.2, 0.25) is 0 Å². The first-order valence-electron chi connectivity index (χ1n) is 9.54. The normalized spacial score (nSPS) is 16.0. The number of alkyl halides is 3. The minimum absolute atomic E-state index is 0.0337. The number of H-pyrrole nitrogens is 1. The second kappa shape index (κ2) is 8.57. The molecule has 3 aromatic rings. The van der Waals surface area contributed by atoms with Crippen LogP contribution in [-0.4, -0.2) is 45.1 Å². The zero-order chi connectivity index (χ0) is 21.1. The largest absolute Gasteiger partial charge is 0.433 e. The van der Waals surface area contributed by atoms with Crippen LogP contribution >= 0.6 is 11.3 Å². The summed E-state index contributed by atoms with van der Waals surface area (Å²) < 4.78 is 38.7. The highest BCUT2D eigenvalue weighted by Gasteiger charge is 2.33. The number of amides is 1. The summed E-state index contributed by atoms with van der Waals surface area (Å²) in [6.45, 7) is 1.65. The van der Waals surface area contributed by atoms with Gasteiger partial charge in [-0.05, 0) is 36.4 Å². The second-order valence-corrected chi connectivity index (χ2v) is 8.05. The van der Waals surface area contributed by atoms with Gasteiger partial charge in [-0.1, -0.05) is 12.1 Å². The van der Waals surface area contributed by atoms with E-state index < -0.39 is 11.9 Å². The monoisotopic (exact) mass is 435 g/mol. The molecule has 10 heteroatoms. The zero-order valence-electron chi connectivity index (χ0n) is 16.0. The Morgan fingerprint density at radius 1 is 1.20 bits per heavy atom. The van der Waals surface area contributed by atoms with E-state index >= 15 is 0 Å². The van der Waals surface area contributed by atoms with Gasteiger partial charge in [-0.2, -0.15) is 18.3 Å². The van der Waals surface area contributed by atoms with Crippen LogP contribution in [0.1, 0.15) is 33.9 Å². The van der Waals surface area contributed by atoms with Crippen LogP contribution in [0.15, 0.2) is 48.0 Å². The Morgan fingerprint density at radius 2 is 2.00 bits per heavy atom. The number of aromatic nitrogens is 3. The van der Waals surface area contributed by atoms with Gasteiger partial charge < -0.3 is 0 Å². The van der Waals surface area contributed by atoms with Gasteiger partial charge in [0.25, 0.3) is 5.91 Å². The van der Waals surface area contributed by atoms with E-state index in [4.69, 9.17) is 0 Å². The maximum absolute atomic E-state index is 13.1. The van der Waals surface area contributed by atoms with E-state index in [1.165, 1.54) is 17.4 Å². The molecule has 0 spiro atoms. The molecule has 1 amide bonds. The van der Waals surface area contributed by atoms with Crippen molar-refractivity contribution in [2.45, 2.75) is 31.6 Å². The summed E-state index contributed by atoms with van der Waals surface area (Å²) in [5, 5.41) is 8.82. The van der Waals surface area contributed by atoms with E-state index in [1.807, 2.05) is 11.4 Å². The molecule has 0 saturated carbocycles. The summed E-state index contributed by atoms with van der Waals surface area (Å²) in [6.07, 6.45) is -1.38. The predicted octanol–water partition coefficient (Wildman–Crippen LogP) is 4.20. The van der Waals surface area contributed by atoms with Gasteiger partial charge in [-0.25, -0.2) is 4.98 Å². The molecule has 6 nitrogen and oxygen atoms in total. The van der Waals surface area contributed by atoms with Crippen molar-refractivity contribution in [2.24, 2.45) is 0 Å². The van der Waals surface area contributed by atoms with Crippen molar-refractivity contribution in [3.63, 3.8) is 0 Å². The number of nitrogens with one attached hydrogen (secondary N) is 1. The quantitative estimate of drug-likeness (QED) is 0.653. The first-order chi connectivity index (χ1) is 14.4. The third kappa shape index (κ3) is 4.54. The molecular formula is C20H20F3N5OS. The van der Waals surface area contributed by atoms with Crippen LogP contribution in [0.3, 0.4) is 0 Å². The number of anilines is 1. The highest BCUT2D eigenvalue weighted by Crippen LogP contribution is 2.29. The van der Waals surface area contributed by atoms with Gasteiger partial charge in [0.2, 0.25) is 0 Å².